The maximum atomic E-state index is 10.2. The molecule has 0 radical (unpaired) electrons. The number of hydrogen-bond acceptors (Lipinski definition) is 4. The summed E-state index contributed by atoms with van der Waals surface area (Å²) in [5.41, 5.74) is 3.30. The highest BCUT2D eigenvalue weighted by Gasteiger charge is 1.99. The third-order valence-electron chi connectivity index (χ3n) is 1.97. The summed E-state index contributed by atoms with van der Waals surface area (Å²) in [6.07, 6.45) is 0. The fraction of sp³-hybridized carbons (Fsp3) is 0.0909. The molecule has 0 aliphatic rings. The molecule has 2 N–H and O–H groups in total. The van der Waals surface area contributed by atoms with Crippen LogP contribution in [0.5, 0.6) is 0 Å². The van der Waals surface area contributed by atoms with Gasteiger partial charge in [0.25, 0.3) is 0 Å². The van der Waals surface area contributed by atoms with E-state index in [9.17, 15) is 4.79 Å². The molecule has 0 saturated carbocycles. The largest absolute Gasteiger partial charge is 0.479 e. The number of anilines is 1. The van der Waals surface area contributed by atoms with Crippen molar-refractivity contribution in [1.82, 2.24) is 4.98 Å². The summed E-state index contributed by atoms with van der Waals surface area (Å²) in [6.45, 7) is -0.408. The number of rotatable bonds is 4. The van der Waals surface area contributed by atoms with Crippen LogP contribution in [0.1, 0.15) is 0 Å². The first-order valence-corrected chi connectivity index (χ1v) is 4.71. The minimum Gasteiger partial charge on any atom is -0.479 e. The lowest BCUT2D eigenvalue weighted by atomic mass is 10.2. The molecule has 0 amide bonds. The average molecular weight is 218 g/mol. The number of aromatic nitrogens is 1. The van der Waals surface area contributed by atoms with Gasteiger partial charge in [-0.2, -0.15) is 0 Å². The van der Waals surface area contributed by atoms with Gasteiger partial charge in [0.1, 0.15) is 5.82 Å². The molecule has 2 aromatic rings. The van der Waals surface area contributed by atoms with Gasteiger partial charge in [0, 0.05) is 5.39 Å². The zero-order valence-corrected chi connectivity index (χ0v) is 8.38. The maximum Gasteiger partial charge on any atom is 0.332 e. The number of carboxylic acid groups (broad SMARTS) is 1. The van der Waals surface area contributed by atoms with E-state index in [1.807, 2.05) is 30.3 Å². The van der Waals surface area contributed by atoms with Crippen LogP contribution in [0.15, 0.2) is 36.4 Å². The molecule has 1 aromatic heterocycles. The Morgan fingerprint density at radius 3 is 2.94 bits per heavy atom. The van der Waals surface area contributed by atoms with Crippen LogP contribution >= 0.6 is 0 Å². The highest BCUT2D eigenvalue weighted by molar-refractivity contribution is 5.79. The lowest BCUT2D eigenvalue weighted by molar-refractivity contribution is -0.141. The van der Waals surface area contributed by atoms with Crippen LogP contribution in [0.4, 0.5) is 5.82 Å². The van der Waals surface area contributed by atoms with E-state index in [-0.39, 0.29) is 0 Å². The van der Waals surface area contributed by atoms with Crippen molar-refractivity contribution >= 4 is 22.7 Å². The Hall–Kier alpha value is -2.14. The number of pyridine rings is 1. The summed E-state index contributed by atoms with van der Waals surface area (Å²) >= 11 is 0. The van der Waals surface area contributed by atoms with E-state index in [1.54, 1.807) is 6.07 Å². The van der Waals surface area contributed by atoms with Crippen molar-refractivity contribution in [1.29, 1.82) is 0 Å². The van der Waals surface area contributed by atoms with E-state index in [2.05, 4.69) is 10.5 Å². The van der Waals surface area contributed by atoms with E-state index in [1.165, 1.54) is 0 Å². The first kappa shape index (κ1) is 10.4. The number of nitrogens with one attached hydrogen (secondary N) is 1. The summed E-state index contributed by atoms with van der Waals surface area (Å²) in [7, 11) is 0. The number of nitrogens with zero attached hydrogens (tertiary/aromatic N) is 1. The average Bonchev–Trinajstić information content (AvgIpc) is 2.28. The fourth-order valence-corrected chi connectivity index (χ4v) is 1.29. The number of carboxylic acids is 1. The zero-order chi connectivity index (χ0) is 11.4. The minimum atomic E-state index is -1.03. The summed E-state index contributed by atoms with van der Waals surface area (Å²) < 4.78 is 0. The molecule has 1 heterocycles. The summed E-state index contributed by atoms with van der Waals surface area (Å²) in [6, 6.07) is 11.2. The van der Waals surface area contributed by atoms with Crippen molar-refractivity contribution < 1.29 is 14.7 Å². The number of hydrogen-bond donors (Lipinski definition) is 2. The molecule has 1 aromatic carbocycles. The van der Waals surface area contributed by atoms with E-state index in [0.29, 0.717) is 5.82 Å². The Kier molecular flexibility index (Phi) is 2.98. The molecule has 0 saturated heterocycles. The quantitative estimate of drug-likeness (QED) is 0.763. The lowest BCUT2D eigenvalue weighted by Crippen LogP contribution is -2.11. The smallest absolute Gasteiger partial charge is 0.332 e. The number of fused-ring (bicyclic) bond motifs is 1. The second-order valence-electron chi connectivity index (χ2n) is 3.17. The SMILES string of the molecule is O=C(O)CONc1ccc2ccccc2n1. The minimum absolute atomic E-state index is 0.408. The van der Waals surface area contributed by atoms with Crippen molar-refractivity contribution in [2.75, 3.05) is 12.1 Å². The molecular formula is C11H10N2O3. The van der Waals surface area contributed by atoms with Gasteiger partial charge in [0.2, 0.25) is 0 Å². The molecule has 0 fully saturated rings. The molecule has 0 atom stereocenters. The lowest BCUT2D eigenvalue weighted by Gasteiger charge is -2.04. The highest BCUT2D eigenvalue weighted by Crippen LogP contribution is 2.14. The van der Waals surface area contributed by atoms with Crippen LogP contribution in [0, 0.1) is 0 Å². The monoisotopic (exact) mass is 218 g/mol. The first-order valence-electron chi connectivity index (χ1n) is 4.71. The number of aliphatic carboxylic acids is 1. The van der Waals surface area contributed by atoms with Gasteiger partial charge in [-0.15, -0.1) is 0 Å². The fourth-order valence-electron chi connectivity index (χ4n) is 1.29. The summed E-state index contributed by atoms with van der Waals surface area (Å²) in [4.78, 5) is 19.2. The van der Waals surface area contributed by atoms with Crippen LogP contribution in [-0.4, -0.2) is 22.7 Å². The van der Waals surface area contributed by atoms with Crippen molar-refractivity contribution in [3.05, 3.63) is 36.4 Å². The zero-order valence-electron chi connectivity index (χ0n) is 8.38. The molecule has 0 aliphatic heterocycles. The van der Waals surface area contributed by atoms with Gasteiger partial charge < -0.3 is 5.11 Å². The second kappa shape index (κ2) is 4.59. The van der Waals surface area contributed by atoms with Crippen LogP contribution in [0.25, 0.3) is 10.9 Å². The molecule has 0 unspecified atom stereocenters. The number of para-hydroxylation sites is 1. The van der Waals surface area contributed by atoms with E-state index < -0.39 is 12.6 Å². The molecule has 0 aliphatic carbocycles. The van der Waals surface area contributed by atoms with Crippen molar-refractivity contribution in [3.63, 3.8) is 0 Å². The van der Waals surface area contributed by atoms with Crippen LogP contribution in [0.2, 0.25) is 0 Å². The number of carbonyl (C=O) groups is 1. The maximum absolute atomic E-state index is 10.2. The van der Waals surface area contributed by atoms with Gasteiger partial charge in [0.15, 0.2) is 6.61 Å². The van der Waals surface area contributed by atoms with Gasteiger partial charge >= 0.3 is 5.97 Å². The van der Waals surface area contributed by atoms with Crippen molar-refractivity contribution in [3.8, 4) is 0 Å². The molecule has 2 rings (SSSR count). The van der Waals surface area contributed by atoms with Gasteiger partial charge in [-0.1, -0.05) is 18.2 Å². The van der Waals surface area contributed by atoms with Gasteiger partial charge in [-0.25, -0.2) is 15.3 Å². The Morgan fingerprint density at radius 1 is 1.31 bits per heavy atom. The molecule has 0 bridgehead atoms. The van der Waals surface area contributed by atoms with Crippen molar-refractivity contribution in [2.24, 2.45) is 0 Å². The van der Waals surface area contributed by atoms with Crippen LogP contribution < -0.4 is 5.48 Å². The van der Waals surface area contributed by atoms with Gasteiger partial charge in [-0.3, -0.25) is 4.84 Å². The Morgan fingerprint density at radius 2 is 2.12 bits per heavy atom. The highest BCUT2D eigenvalue weighted by atomic mass is 16.7. The van der Waals surface area contributed by atoms with E-state index >= 15 is 0 Å². The predicted molar refractivity (Wildman–Crippen MR) is 59.0 cm³/mol. The molecule has 16 heavy (non-hydrogen) atoms. The third-order valence-corrected chi connectivity index (χ3v) is 1.97. The Balaban J connectivity index is 2.10. The molecule has 5 heteroatoms. The van der Waals surface area contributed by atoms with Crippen molar-refractivity contribution in [2.45, 2.75) is 0 Å². The first-order chi connectivity index (χ1) is 7.75. The number of benzene rings is 1. The standard InChI is InChI=1S/C11H10N2O3/c14-11(15)7-16-13-10-6-5-8-3-1-2-4-9(8)12-10/h1-6H,7H2,(H,12,13)(H,14,15). The predicted octanol–water partition coefficient (Wildman–Crippen LogP) is 1.66. The van der Waals surface area contributed by atoms with Gasteiger partial charge in [-0.05, 0) is 18.2 Å². The van der Waals surface area contributed by atoms with E-state index in [0.717, 1.165) is 10.9 Å². The third kappa shape index (κ3) is 2.46. The van der Waals surface area contributed by atoms with Crippen LogP contribution in [-0.2, 0) is 9.63 Å². The van der Waals surface area contributed by atoms with E-state index in [4.69, 9.17) is 9.94 Å². The van der Waals surface area contributed by atoms with Gasteiger partial charge in [0.05, 0.1) is 5.52 Å². The Labute approximate surface area is 91.6 Å². The molecular weight excluding hydrogens is 208 g/mol. The summed E-state index contributed by atoms with van der Waals surface area (Å²) in [5.74, 6) is -0.548. The topological polar surface area (TPSA) is 71.5 Å². The molecule has 82 valence electrons. The molecule has 0 spiro atoms. The summed E-state index contributed by atoms with van der Waals surface area (Å²) in [5, 5.41) is 9.40. The normalized spacial score (nSPS) is 10.2. The second-order valence-corrected chi connectivity index (χ2v) is 3.17. The van der Waals surface area contributed by atoms with Crippen LogP contribution in [0.3, 0.4) is 0 Å². The molecule has 5 nitrogen and oxygen atoms in total. The Bertz CT molecular complexity index is 513.